The van der Waals surface area contributed by atoms with Crippen LogP contribution in [0.25, 0.3) is 0 Å². The lowest BCUT2D eigenvalue weighted by atomic mass is 10.0. The Morgan fingerprint density at radius 2 is 2.29 bits per heavy atom. The highest BCUT2D eigenvalue weighted by atomic mass is 16.5. The van der Waals surface area contributed by atoms with Crippen LogP contribution in [0.3, 0.4) is 0 Å². The molecule has 3 N–H and O–H groups in total. The van der Waals surface area contributed by atoms with E-state index >= 15 is 0 Å². The number of carbonyl (C=O) groups is 1. The molecule has 1 rings (SSSR count). The zero-order chi connectivity index (χ0) is 12.7. The largest absolute Gasteiger partial charge is 0.396 e. The van der Waals surface area contributed by atoms with Crippen LogP contribution in [0.15, 0.2) is 0 Å². The topological polar surface area (TPSA) is 70.6 Å². The predicted molar refractivity (Wildman–Crippen MR) is 65.7 cm³/mol. The lowest BCUT2D eigenvalue weighted by Gasteiger charge is -2.23. The molecule has 1 aliphatic carbocycles. The van der Waals surface area contributed by atoms with Crippen molar-refractivity contribution in [2.45, 2.75) is 38.3 Å². The molecule has 0 aromatic heterocycles. The smallest absolute Gasteiger partial charge is 0.236 e. The number of ether oxygens (including phenoxy) is 1. The first kappa shape index (κ1) is 14.4. The van der Waals surface area contributed by atoms with E-state index in [9.17, 15) is 9.90 Å². The number of aliphatic hydroxyl groups is 1. The summed E-state index contributed by atoms with van der Waals surface area (Å²) in [6.07, 6.45) is 3.22. The van der Waals surface area contributed by atoms with E-state index in [1.165, 1.54) is 0 Å². The summed E-state index contributed by atoms with van der Waals surface area (Å²) in [6.45, 7) is 3.13. The molecule has 0 radical (unpaired) electrons. The lowest BCUT2D eigenvalue weighted by molar-refractivity contribution is -0.123. The number of carbonyl (C=O) groups excluding carboxylic acids is 1. The Kier molecular flexibility index (Phi) is 6.47. The van der Waals surface area contributed by atoms with Gasteiger partial charge < -0.3 is 20.5 Å². The van der Waals surface area contributed by atoms with Crippen LogP contribution in [-0.2, 0) is 9.53 Å². The second-order valence-corrected chi connectivity index (χ2v) is 4.65. The summed E-state index contributed by atoms with van der Waals surface area (Å²) >= 11 is 0. The number of nitrogens with one attached hydrogen (secondary N) is 2. The number of methoxy groups -OCH3 is 1. The van der Waals surface area contributed by atoms with E-state index in [-0.39, 0.29) is 24.6 Å². The number of aliphatic hydroxyl groups excluding tert-OH is 1. The molecular weight excluding hydrogens is 220 g/mol. The van der Waals surface area contributed by atoms with Crippen molar-refractivity contribution in [1.29, 1.82) is 0 Å². The molecule has 0 bridgehead atoms. The molecule has 1 amide bonds. The molecule has 1 aliphatic rings. The Hall–Kier alpha value is -0.650. The van der Waals surface area contributed by atoms with E-state index in [4.69, 9.17) is 4.74 Å². The van der Waals surface area contributed by atoms with Crippen molar-refractivity contribution >= 4 is 5.91 Å². The molecule has 17 heavy (non-hydrogen) atoms. The summed E-state index contributed by atoms with van der Waals surface area (Å²) in [5.74, 6) is 0.287. The molecule has 0 aliphatic heterocycles. The summed E-state index contributed by atoms with van der Waals surface area (Å²) < 4.78 is 4.87. The Morgan fingerprint density at radius 1 is 1.53 bits per heavy atom. The minimum absolute atomic E-state index is 0.00867. The van der Waals surface area contributed by atoms with E-state index in [0.29, 0.717) is 19.1 Å². The van der Waals surface area contributed by atoms with Crippen LogP contribution in [0.1, 0.15) is 26.2 Å². The van der Waals surface area contributed by atoms with Crippen LogP contribution >= 0.6 is 0 Å². The van der Waals surface area contributed by atoms with E-state index < -0.39 is 0 Å². The molecular formula is C12H24N2O3. The van der Waals surface area contributed by atoms with Gasteiger partial charge in [0.15, 0.2) is 0 Å². The third-order valence-electron chi connectivity index (χ3n) is 3.36. The maximum atomic E-state index is 11.7. The molecule has 5 nitrogen and oxygen atoms in total. The molecule has 0 aromatic carbocycles. The monoisotopic (exact) mass is 244 g/mol. The first-order valence-electron chi connectivity index (χ1n) is 6.32. The van der Waals surface area contributed by atoms with Crippen molar-refractivity contribution in [2.24, 2.45) is 5.92 Å². The van der Waals surface area contributed by atoms with Crippen LogP contribution in [0.2, 0.25) is 0 Å². The molecule has 3 unspecified atom stereocenters. The lowest BCUT2D eigenvalue weighted by Crippen LogP contribution is -2.48. The second kappa shape index (κ2) is 7.63. The Bertz CT molecular complexity index is 236. The van der Waals surface area contributed by atoms with Crippen LogP contribution in [0, 0.1) is 5.92 Å². The fraction of sp³-hybridized carbons (Fsp3) is 0.917. The Morgan fingerprint density at radius 3 is 2.94 bits per heavy atom. The van der Waals surface area contributed by atoms with Gasteiger partial charge in [-0.3, -0.25) is 4.79 Å². The minimum Gasteiger partial charge on any atom is -0.396 e. The van der Waals surface area contributed by atoms with Crippen LogP contribution in [0.4, 0.5) is 0 Å². The van der Waals surface area contributed by atoms with Gasteiger partial charge in [-0.1, -0.05) is 6.42 Å². The fourth-order valence-electron chi connectivity index (χ4n) is 2.30. The molecule has 0 heterocycles. The van der Waals surface area contributed by atoms with Crippen molar-refractivity contribution in [2.75, 3.05) is 26.9 Å². The van der Waals surface area contributed by atoms with Crippen molar-refractivity contribution < 1.29 is 14.6 Å². The number of amides is 1. The zero-order valence-corrected chi connectivity index (χ0v) is 10.7. The molecule has 0 spiro atoms. The molecule has 0 aromatic rings. The van der Waals surface area contributed by atoms with Crippen molar-refractivity contribution in [3.63, 3.8) is 0 Å². The van der Waals surface area contributed by atoms with Crippen LogP contribution in [-0.4, -0.2) is 50.0 Å². The Labute approximate surface area is 103 Å². The van der Waals surface area contributed by atoms with E-state index in [1.807, 2.05) is 6.92 Å². The fourth-order valence-corrected chi connectivity index (χ4v) is 2.30. The highest BCUT2D eigenvalue weighted by Gasteiger charge is 2.28. The highest BCUT2D eigenvalue weighted by molar-refractivity contribution is 5.81. The number of rotatable bonds is 7. The Balaban J connectivity index is 2.27. The van der Waals surface area contributed by atoms with E-state index in [1.54, 1.807) is 7.11 Å². The standard InChI is InChI=1S/C12H24N2O3/c1-9(12(16)13-6-7-17-2)14-11-5-3-4-10(11)8-15/h9-11,14-15H,3-8H2,1-2H3,(H,13,16). The quantitative estimate of drug-likeness (QED) is 0.546. The van der Waals surface area contributed by atoms with E-state index in [2.05, 4.69) is 10.6 Å². The summed E-state index contributed by atoms with van der Waals surface area (Å²) in [5.41, 5.74) is 0. The third-order valence-corrected chi connectivity index (χ3v) is 3.36. The highest BCUT2D eigenvalue weighted by Crippen LogP contribution is 2.25. The first-order chi connectivity index (χ1) is 8.19. The molecule has 3 atom stereocenters. The molecule has 0 saturated heterocycles. The minimum atomic E-state index is -0.219. The summed E-state index contributed by atoms with van der Waals surface area (Å²) in [6, 6.07) is 0.0483. The van der Waals surface area contributed by atoms with Gasteiger partial charge in [-0.15, -0.1) is 0 Å². The maximum Gasteiger partial charge on any atom is 0.236 e. The summed E-state index contributed by atoms with van der Waals surface area (Å²) in [7, 11) is 1.61. The van der Waals surface area contributed by atoms with Gasteiger partial charge in [0.1, 0.15) is 0 Å². The van der Waals surface area contributed by atoms with Gasteiger partial charge in [0, 0.05) is 26.3 Å². The average Bonchev–Trinajstić information content (AvgIpc) is 2.76. The van der Waals surface area contributed by atoms with Crippen molar-refractivity contribution in [1.82, 2.24) is 10.6 Å². The second-order valence-electron chi connectivity index (χ2n) is 4.65. The normalized spacial score (nSPS) is 25.8. The predicted octanol–water partition coefficient (Wildman–Crippen LogP) is -0.112. The maximum absolute atomic E-state index is 11.7. The molecule has 1 saturated carbocycles. The van der Waals surface area contributed by atoms with Crippen LogP contribution in [0.5, 0.6) is 0 Å². The summed E-state index contributed by atoms with van der Waals surface area (Å²) in [5, 5.41) is 15.3. The van der Waals surface area contributed by atoms with Gasteiger partial charge in [0.2, 0.25) is 5.91 Å². The first-order valence-corrected chi connectivity index (χ1v) is 6.32. The summed E-state index contributed by atoms with van der Waals surface area (Å²) in [4.78, 5) is 11.7. The van der Waals surface area contributed by atoms with Crippen molar-refractivity contribution in [3.05, 3.63) is 0 Å². The zero-order valence-electron chi connectivity index (χ0n) is 10.7. The SMILES string of the molecule is COCCNC(=O)C(C)NC1CCCC1CO. The number of hydrogen-bond acceptors (Lipinski definition) is 4. The van der Waals surface area contributed by atoms with Gasteiger partial charge in [0.05, 0.1) is 12.6 Å². The van der Waals surface area contributed by atoms with Gasteiger partial charge in [-0.05, 0) is 25.7 Å². The van der Waals surface area contributed by atoms with Gasteiger partial charge in [-0.25, -0.2) is 0 Å². The van der Waals surface area contributed by atoms with Gasteiger partial charge in [-0.2, -0.15) is 0 Å². The third kappa shape index (κ3) is 4.61. The molecule has 5 heteroatoms. The van der Waals surface area contributed by atoms with E-state index in [0.717, 1.165) is 19.3 Å². The molecule has 100 valence electrons. The van der Waals surface area contributed by atoms with Gasteiger partial charge >= 0.3 is 0 Å². The van der Waals surface area contributed by atoms with Crippen LogP contribution < -0.4 is 10.6 Å². The number of hydrogen-bond donors (Lipinski definition) is 3. The van der Waals surface area contributed by atoms with Crippen molar-refractivity contribution in [3.8, 4) is 0 Å². The average molecular weight is 244 g/mol. The van der Waals surface area contributed by atoms with Gasteiger partial charge in [0.25, 0.3) is 0 Å². The molecule has 1 fully saturated rings.